The van der Waals surface area contributed by atoms with Gasteiger partial charge in [-0.3, -0.25) is 0 Å². The van der Waals surface area contributed by atoms with Gasteiger partial charge in [0.2, 0.25) is 0 Å². The first kappa shape index (κ1) is 17.5. The zero-order valence-corrected chi connectivity index (χ0v) is 14.7. The number of ether oxygens (including phenoxy) is 1. The predicted molar refractivity (Wildman–Crippen MR) is 105 cm³/mol. The maximum atomic E-state index is 12.4. The summed E-state index contributed by atoms with van der Waals surface area (Å²) < 4.78 is 5.27. The van der Waals surface area contributed by atoms with Crippen molar-refractivity contribution < 1.29 is 9.53 Å². The van der Waals surface area contributed by atoms with E-state index < -0.39 is 0 Å². The zero-order valence-electron chi connectivity index (χ0n) is 14.7. The van der Waals surface area contributed by atoms with Crippen LogP contribution >= 0.6 is 0 Å². The molecule has 0 spiro atoms. The van der Waals surface area contributed by atoms with Crippen molar-refractivity contribution in [1.82, 2.24) is 5.32 Å². The molecule has 0 aromatic heterocycles. The molecule has 0 atom stereocenters. The molecule has 2 N–H and O–H groups in total. The molecule has 0 aliphatic rings. The molecule has 0 aliphatic heterocycles. The van der Waals surface area contributed by atoms with Crippen molar-refractivity contribution in [2.24, 2.45) is 0 Å². The van der Waals surface area contributed by atoms with Crippen LogP contribution in [-0.2, 0) is 0 Å². The van der Waals surface area contributed by atoms with E-state index >= 15 is 0 Å². The van der Waals surface area contributed by atoms with Gasteiger partial charge in [0.15, 0.2) is 0 Å². The molecular weight excluding hydrogens is 324 g/mol. The molecule has 4 heteroatoms. The molecular formula is C22H22N2O2. The molecule has 0 saturated carbocycles. The highest BCUT2D eigenvalue weighted by Gasteiger charge is 2.15. The van der Waals surface area contributed by atoms with Crippen molar-refractivity contribution in [2.45, 2.75) is 5.92 Å². The summed E-state index contributed by atoms with van der Waals surface area (Å²) >= 11 is 0. The Morgan fingerprint density at radius 2 is 1.38 bits per heavy atom. The number of methoxy groups -OCH3 is 1. The number of rotatable bonds is 6. The minimum atomic E-state index is -0.258. The molecule has 0 aliphatic carbocycles. The topological polar surface area (TPSA) is 50.4 Å². The summed E-state index contributed by atoms with van der Waals surface area (Å²) in [5.41, 5.74) is 2.97. The van der Waals surface area contributed by atoms with Gasteiger partial charge in [-0.15, -0.1) is 0 Å². The van der Waals surface area contributed by atoms with E-state index in [1.54, 1.807) is 7.11 Å². The molecule has 26 heavy (non-hydrogen) atoms. The molecule has 3 rings (SSSR count). The minimum Gasteiger partial charge on any atom is -0.495 e. The Balaban J connectivity index is 1.71. The van der Waals surface area contributed by atoms with Crippen molar-refractivity contribution in [3.63, 3.8) is 0 Å². The molecule has 0 bridgehead atoms. The first-order valence-electron chi connectivity index (χ1n) is 8.55. The summed E-state index contributed by atoms with van der Waals surface area (Å²) in [6, 6.07) is 27.4. The van der Waals surface area contributed by atoms with Crippen LogP contribution in [-0.4, -0.2) is 19.7 Å². The van der Waals surface area contributed by atoms with Gasteiger partial charge in [-0.1, -0.05) is 72.8 Å². The van der Waals surface area contributed by atoms with Crippen molar-refractivity contribution in [2.75, 3.05) is 19.0 Å². The molecule has 0 unspecified atom stereocenters. The Kier molecular flexibility index (Phi) is 5.88. The van der Waals surface area contributed by atoms with E-state index in [4.69, 9.17) is 4.74 Å². The first-order chi connectivity index (χ1) is 12.8. The second kappa shape index (κ2) is 8.72. The van der Waals surface area contributed by atoms with Crippen molar-refractivity contribution in [3.8, 4) is 5.75 Å². The van der Waals surface area contributed by atoms with Gasteiger partial charge in [0.1, 0.15) is 5.75 Å². The maximum Gasteiger partial charge on any atom is 0.319 e. The average Bonchev–Trinajstić information content (AvgIpc) is 2.70. The third-order valence-electron chi connectivity index (χ3n) is 4.23. The van der Waals surface area contributed by atoms with Gasteiger partial charge in [0.25, 0.3) is 0 Å². The van der Waals surface area contributed by atoms with Gasteiger partial charge in [0.05, 0.1) is 12.8 Å². The van der Waals surface area contributed by atoms with Crippen LogP contribution < -0.4 is 15.4 Å². The third kappa shape index (κ3) is 4.42. The number of anilines is 1. The number of carbonyl (C=O) groups is 1. The molecule has 0 radical (unpaired) electrons. The Labute approximate surface area is 153 Å². The van der Waals surface area contributed by atoms with Crippen LogP contribution in [0.2, 0.25) is 0 Å². The molecule has 132 valence electrons. The quantitative estimate of drug-likeness (QED) is 0.683. The summed E-state index contributed by atoms with van der Waals surface area (Å²) in [4.78, 5) is 12.4. The van der Waals surface area contributed by atoms with E-state index in [9.17, 15) is 4.79 Å². The number of urea groups is 1. The Morgan fingerprint density at radius 1 is 0.846 bits per heavy atom. The molecule has 3 aromatic rings. The SMILES string of the molecule is COc1ccccc1NC(=O)NCC(c1ccccc1)c1ccccc1. The Bertz CT molecular complexity index is 796. The fourth-order valence-electron chi connectivity index (χ4n) is 2.91. The van der Waals surface area contributed by atoms with Crippen molar-refractivity contribution >= 4 is 11.7 Å². The van der Waals surface area contributed by atoms with Gasteiger partial charge in [0, 0.05) is 12.5 Å². The van der Waals surface area contributed by atoms with Gasteiger partial charge in [-0.2, -0.15) is 0 Å². The van der Waals surface area contributed by atoms with E-state index in [0.717, 1.165) is 11.1 Å². The monoisotopic (exact) mass is 346 g/mol. The highest BCUT2D eigenvalue weighted by atomic mass is 16.5. The van der Waals surface area contributed by atoms with E-state index in [1.807, 2.05) is 60.7 Å². The van der Waals surface area contributed by atoms with Gasteiger partial charge in [-0.25, -0.2) is 4.79 Å². The number of hydrogen-bond donors (Lipinski definition) is 2. The summed E-state index contributed by atoms with van der Waals surface area (Å²) in [6.45, 7) is 0.495. The molecule has 3 aromatic carbocycles. The summed E-state index contributed by atoms with van der Waals surface area (Å²) in [5, 5.41) is 5.82. The lowest BCUT2D eigenvalue weighted by atomic mass is 9.91. The van der Waals surface area contributed by atoms with Crippen LogP contribution in [0.1, 0.15) is 17.0 Å². The van der Waals surface area contributed by atoms with E-state index in [-0.39, 0.29) is 11.9 Å². The number of hydrogen-bond acceptors (Lipinski definition) is 2. The summed E-state index contributed by atoms with van der Waals surface area (Å²) in [7, 11) is 1.58. The second-order valence-electron chi connectivity index (χ2n) is 5.91. The van der Waals surface area contributed by atoms with Crippen LogP contribution in [0.25, 0.3) is 0 Å². The van der Waals surface area contributed by atoms with E-state index in [0.29, 0.717) is 18.0 Å². The number of para-hydroxylation sites is 2. The predicted octanol–water partition coefficient (Wildman–Crippen LogP) is 4.65. The van der Waals surface area contributed by atoms with Crippen LogP contribution in [0.3, 0.4) is 0 Å². The summed E-state index contributed by atoms with van der Waals surface area (Å²) in [5.74, 6) is 0.714. The number of amides is 2. The lowest BCUT2D eigenvalue weighted by Crippen LogP contribution is -2.32. The molecule has 0 fully saturated rings. The van der Waals surface area contributed by atoms with E-state index in [2.05, 4.69) is 34.9 Å². The second-order valence-corrected chi connectivity index (χ2v) is 5.91. The number of nitrogens with one attached hydrogen (secondary N) is 2. The molecule has 2 amide bonds. The average molecular weight is 346 g/mol. The normalized spacial score (nSPS) is 10.4. The van der Waals surface area contributed by atoms with Crippen LogP contribution in [0.5, 0.6) is 5.75 Å². The van der Waals surface area contributed by atoms with Gasteiger partial charge >= 0.3 is 6.03 Å². The Morgan fingerprint density at radius 3 is 1.96 bits per heavy atom. The summed E-state index contributed by atoms with van der Waals surface area (Å²) in [6.07, 6.45) is 0. The molecule has 0 saturated heterocycles. The van der Waals surface area contributed by atoms with Gasteiger partial charge < -0.3 is 15.4 Å². The highest BCUT2D eigenvalue weighted by molar-refractivity contribution is 5.90. The first-order valence-corrected chi connectivity index (χ1v) is 8.55. The zero-order chi connectivity index (χ0) is 18.2. The smallest absolute Gasteiger partial charge is 0.319 e. The minimum absolute atomic E-state index is 0.0841. The van der Waals surface area contributed by atoms with Crippen molar-refractivity contribution in [1.29, 1.82) is 0 Å². The number of benzene rings is 3. The van der Waals surface area contributed by atoms with E-state index in [1.165, 1.54) is 0 Å². The lowest BCUT2D eigenvalue weighted by molar-refractivity contribution is 0.251. The van der Waals surface area contributed by atoms with Crippen LogP contribution in [0.4, 0.5) is 10.5 Å². The fourth-order valence-corrected chi connectivity index (χ4v) is 2.91. The van der Waals surface area contributed by atoms with Crippen LogP contribution in [0.15, 0.2) is 84.9 Å². The number of carbonyl (C=O) groups excluding carboxylic acids is 1. The largest absolute Gasteiger partial charge is 0.495 e. The van der Waals surface area contributed by atoms with Crippen molar-refractivity contribution in [3.05, 3.63) is 96.1 Å². The fraction of sp³-hybridized carbons (Fsp3) is 0.136. The maximum absolute atomic E-state index is 12.4. The van der Waals surface area contributed by atoms with Gasteiger partial charge in [-0.05, 0) is 23.3 Å². The van der Waals surface area contributed by atoms with Crippen LogP contribution in [0, 0.1) is 0 Å². The molecule has 4 nitrogen and oxygen atoms in total. The lowest BCUT2D eigenvalue weighted by Gasteiger charge is -2.19. The highest BCUT2D eigenvalue weighted by Crippen LogP contribution is 2.25. The third-order valence-corrected chi connectivity index (χ3v) is 4.23. The Hall–Kier alpha value is -3.27. The molecule has 0 heterocycles. The standard InChI is InChI=1S/C22H22N2O2/c1-26-21-15-9-8-14-20(21)24-22(25)23-16-19(17-10-4-2-5-11-17)18-12-6-3-7-13-18/h2-15,19H,16H2,1H3,(H2,23,24,25).